The minimum Gasteiger partial charge on any atom is -0.493 e. The SMILES string of the molecule is COc1ccc(Cc2cc(OC)c(OC)cc2[N+](=O)[O-])cc1OC. The third-order valence-corrected chi connectivity index (χ3v) is 3.62. The molecule has 0 heterocycles. The Morgan fingerprint density at radius 3 is 1.92 bits per heavy atom. The number of nitrogens with zero attached hydrogens (tertiary/aromatic N) is 1. The van der Waals surface area contributed by atoms with Gasteiger partial charge in [0.05, 0.1) is 39.4 Å². The summed E-state index contributed by atoms with van der Waals surface area (Å²) in [6.07, 6.45) is 0.344. The molecule has 7 nitrogen and oxygen atoms in total. The maximum absolute atomic E-state index is 11.4. The summed E-state index contributed by atoms with van der Waals surface area (Å²) in [5.41, 5.74) is 1.34. The van der Waals surface area contributed by atoms with E-state index in [0.29, 0.717) is 35.0 Å². The summed E-state index contributed by atoms with van der Waals surface area (Å²) in [6.45, 7) is 0. The van der Waals surface area contributed by atoms with Gasteiger partial charge in [-0.2, -0.15) is 0 Å². The maximum atomic E-state index is 11.4. The first-order valence-electron chi connectivity index (χ1n) is 7.14. The molecule has 2 aromatic carbocycles. The first kappa shape index (κ1) is 17.4. The van der Waals surface area contributed by atoms with Crippen LogP contribution in [0.5, 0.6) is 23.0 Å². The van der Waals surface area contributed by atoms with Crippen molar-refractivity contribution in [3.05, 3.63) is 51.6 Å². The van der Waals surface area contributed by atoms with Crippen molar-refractivity contribution in [2.24, 2.45) is 0 Å². The lowest BCUT2D eigenvalue weighted by atomic mass is 10.0. The van der Waals surface area contributed by atoms with Gasteiger partial charge in [0.1, 0.15) is 0 Å². The zero-order chi connectivity index (χ0) is 17.7. The van der Waals surface area contributed by atoms with E-state index in [-0.39, 0.29) is 5.69 Å². The first-order valence-corrected chi connectivity index (χ1v) is 7.14. The third-order valence-electron chi connectivity index (χ3n) is 3.62. The Morgan fingerprint density at radius 1 is 0.833 bits per heavy atom. The average molecular weight is 333 g/mol. The van der Waals surface area contributed by atoms with Crippen molar-refractivity contribution >= 4 is 5.69 Å². The number of methoxy groups -OCH3 is 4. The predicted octanol–water partition coefficient (Wildman–Crippen LogP) is 3.22. The molecule has 0 amide bonds. The highest BCUT2D eigenvalue weighted by Crippen LogP contribution is 2.36. The number of ether oxygens (including phenoxy) is 4. The normalized spacial score (nSPS) is 10.2. The molecule has 0 radical (unpaired) electrons. The van der Waals surface area contributed by atoms with Gasteiger partial charge in [-0.15, -0.1) is 0 Å². The lowest BCUT2D eigenvalue weighted by Crippen LogP contribution is -2.01. The number of nitro groups is 1. The number of rotatable bonds is 7. The molecule has 7 heteroatoms. The summed E-state index contributed by atoms with van der Waals surface area (Å²) in [4.78, 5) is 10.9. The number of hydrogen-bond donors (Lipinski definition) is 0. The Bertz CT molecular complexity index is 744. The minimum atomic E-state index is -0.432. The molecule has 0 aliphatic heterocycles. The second-order valence-electron chi connectivity index (χ2n) is 4.96. The molecule has 2 aromatic rings. The molecule has 0 aliphatic rings. The fourth-order valence-corrected chi connectivity index (χ4v) is 2.43. The predicted molar refractivity (Wildman–Crippen MR) is 88.6 cm³/mol. The van der Waals surface area contributed by atoms with Crippen molar-refractivity contribution in [1.29, 1.82) is 0 Å². The molecular formula is C17H19NO6. The van der Waals surface area contributed by atoms with Crippen molar-refractivity contribution in [3.8, 4) is 23.0 Å². The van der Waals surface area contributed by atoms with Crippen molar-refractivity contribution in [2.45, 2.75) is 6.42 Å². The molecule has 0 atom stereocenters. The van der Waals surface area contributed by atoms with Gasteiger partial charge in [0.2, 0.25) is 0 Å². The van der Waals surface area contributed by atoms with E-state index in [0.717, 1.165) is 5.56 Å². The fourth-order valence-electron chi connectivity index (χ4n) is 2.43. The van der Waals surface area contributed by atoms with Gasteiger partial charge in [-0.3, -0.25) is 10.1 Å². The van der Waals surface area contributed by atoms with Crippen LogP contribution in [0.15, 0.2) is 30.3 Å². The minimum absolute atomic E-state index is 0.0255. The molecule has 0 bridgehead atoms. The zero-order valence-corrected chi connectivity index (χ0v) is 14.0. The smallest absolute Gasteiger partial charge is 0.276 e. The summed E-state index contributed by atoms with van der Waals surface area (Å²) in [7, 11) is 6.02. The van der Waals surface area contributed by atoms with E-state index in [9.17, 15) is 10.1 Å². The average Bonchev–Trinajstić information content (AvgIpc) is 2.60. The van der Waals surface area contributed by atoms with E-state index in [1.165, 1.54) is 20.3 Å². The van der Waals surface area contributed by atoms with Gasteiger partial charge >= 0.3 is 0 Å². The third kappa shape index (κ3) is 3.51. The van der Waals surface area contributed by atoms with Crippen molar-refractivity contribution in [1.82, 2.24) is 0 Å². The van der Waals surface area contributed by atoms with Gasteiger partial charge in [-0.1, -0.05) is 6.07 Å². The van der Waals surface area contributed by atoms with Gasteiger partial charge in [0.25, 0.3) is 5.69 Å². The highest BCUT2D eigenvalue weighted by molar-refractivity contribution is 5.56. The molecule has 0 unspecified atom stereocenters. The van der Waals surface area contributed by atoms with Crippen LogP contribution in [0, 0.1) is 10.1 Å². The lowest BCUT2D eigenvalue weighted by molar-refractivity contribution is -0.385. The van der Waals surface area contributed by atoms with E-state index < -0.39 is 4.92 Å². The molecule has 0 spiro atoms. The van der Waals surface area contributed by atoms with Crippen LogP contribution in [0.2, 0.25) is 0 Å². The summed E-state index contributed by atoms with van der Waals surface area (Å²) in [5, 5.41) is 11.4. The van der Waals surface area contributed by atoms with Crippen LogP contribution in [0.4, 0.5) is 5.69 Å². The van der Waals surface area contributed by atoms with Crippen LogP contribution in [0.1, 0.15) is 11.1 Å². The molecule has 0 N–H and O–H groups in total. The Morgan fingerprint density at radius 2 is 1.38 bits per heavy atom. The molecule has 0 aliphatic carbocycles. The summed E-state index contributed by atoms with van der Waals surface area (Å²) < 4.78 is 20.8. The van der Waals surface area contributed by atoms with Crippen LogP contribution >= 0.6 is 0 Å². The van der Waals surface area contributed by atoms with Crippen molar-refractivity contribution < 1.29 is 23.9 Å². The monoisotopic (exact) mass is 333 g/mol. The Kier molecular flexibility index (Phi) is 5.47. The standard InChI is InChI=1S/C17H19NO6/c1-21-14-6-5-11(8-15(14)22-2)7-12-9-16(23-3)17(24-4)10-13(12)18(19)20/h5-6,8-10H,7H2,1-4H3. The Hall–Kier alpha value is -2.96. The highest BCUT2D eigenvalue weighted by atomic mass is 16.6. The van der Waals surface area contributed by atoms with Gasteiger partial charge in [-0.05, 0) is 23.8 Å². The van der Waals surface area contributed by atoms with Gasteiger partial charge in [-0.25, -0.2) is 0 Å². The molecule has 0 aromatic heterocycles. The fraction of sp³-hybridized carbons (Fsp3) is 0.294. The number of benzene rings is 2. The van der Waals surface area contributed by atoms with Crippen LogP contribution < -0.4 is 18.9 Å². The largest absolute Gasteiger partial charge is 0.493 e. The zero-order valence-electron chi connectivity index (χ0n) is 14.0. The van der Waals surface area contributed by atoms with E-state index in [1.807, 2.05) is 6.07 Å². The van der Waals surface area contributed by atoms with Crippen LogP contribution in [0.3, 0.4) is 0 Å². The van der Waals surface area contributed by atoms with E-state index >= 15 is 0 Å². The second-order valence-corrected chi connectivity index (χ2v) is 4.96. The van der Waals surface area contributed by atoms with Gasteiger partial charge in [0, 0.05) is 12.0 Å². The van der Waals surface area contributed by atoms with Crippen LogP contribution in [-0.4, -0.2) is 33.4 Å². The van der Waals surface area contributed by atoms with E-state index in [4.69, 9.17) is 18.9 Å². The molecular weight excluding hydrogens is 314 g/mol. The van der Waals surface area contributed by atoms with E-state index in [1.54, 1.807) is 32.4 Å². The number of nitro benzene ring substituents is 1. The maximum Gasteiger partial charge on any atom is 0.276 e. The van der Waals surface area contributed by atoms with Gasteiger partial charge < -0.3 is 18.9 Å². The van der Waals surface area contributed by atoms with Crippen LogP contribution in [0.25, 0.3) is 0 Å². The second kappa shape index (κ2) is 7.54. The molecule has 24 heavy (non-hydrogen) atoms. The summed E-state index contributed by atoms with van der Waals surface area (Å²) in [6, 6.07) is 8.38. The van der Waals surface area contributed by atoms with Crippen LogP contribution in [-0.2, 0) is 6.42 Å². The molecule has 0 fully saturated rings. The first-order chi connectivity index (χ1) is 11.5. The molecule has 2 rings (SSSR count). The summed E-state index contributed by atoms with van der Waals surface area (Å²) >= 11 is 0. The highest BCUT2D eigenvalue weighted by Gasteiger charge is 2.20. The quantitative estimate of drug-likeness (QED) is 0.572. The topological polar surface area (TPSA) is 80.1 Å². The lowest BCUT2D eigenvalue weighted by Gasteiger charge is -2.12. The number of hydrogen-bond acceptors (Lipinski definition) is 6. The Balaban J connectivity index is 2.46. The van der Waals surface area contributed by atoms with Gasteiger partial charge in [0.15, 0.2) is 23.0 Å². The molecule has 0 saturated heterocycles. The summed E-state index contributed by atoms with van der Waals surface area (Å²) in [5.74, 6) is 1.93. The molecule has 0 saturated carbocycles. The van der Waals surface area contributed by atoms with Crippen molar-refractivity contribution in [3.63, 3.8) is 0 Å². The Labute approximate surface area is 139 Å². The van der Waals surface area contributed by atoms with E-state index in [2.05, 4.69) is 0 Å². The van der Waals surface area contributed by atoms with Crippen molar-refractivity contribution in [2.75, 3.05) is 28.4 Å². The molecule has 128 valence electrons.